The molecule has 0 saturated carbocycles. The maximum Gasteiger partial charge on any atom is 0.0835 e. The zero-order valence-electron chi connectivity index (χ0n) is 9.96. The van der Waals surface area contributed by atoms with E-state index in [1.165, 1.54) is 0 Å². The molecule has 5 heteroatoms. The number of benzene rings is 1. The molecule has 1 N–H and O–H groups in total. The Labute approximate surface area is 114 Å². The summed E-state index contributed by atoms with van der Waals surface area (Å²) in [6, 6.07) is 3.83. The summed E-state index contributed by atoms with van der Waals surface area (Å²) in [6.45, 7) is 2.06. The molecule has 0 aliphatic rings. The molecule has 92 valence electrons. The molecule has 2 heterocycles. The molecule has 1 aromatic carbocycles. The summed E-state index contributed by atoms with van der Waals surface area (Å²) in [5.74, 6) is 0. The lowest BCUT2D eigenvalue weighted by atomic mass is 10.1. The van der Waals surface area contributed by atoms with Crippen LogP contribution in [0, 0.1) is 6.92 Å². The minimum atomic E-state index is 0.573. The second-order valence-electron chi connectivity index (χ2n) is 4.26. The van der Waals surface area contributed by atoms with Crippen LogP contribution in [-0.2, 0) is 7.05 Å². The largest absolute Gasteiger partial charge is 0.346 e. The highest BCUT2D eigenvalue weighted by atomic mass is 35.5. The number of aryl methyl sites for hydroxylation is 1. The van der Waals surface area contributed by atoms with Crippen LogP contribution in [0.2, 0.25) is 10.0 Å². The monoisotopic (exact) mass is 279 g/mol. The van der Waals surface area contributed by atoms with Crippen LogP contribution < -0.4 is 0 Å². The van der Waals surface area contributed by atoms with Crippen molar-refractivity contribution in [1.82, 2.24) is 14.8 Å². The van der Waals surface area contributed by atoms with Crippen molar-refractivity contribution >= 4 is 34.1 Å². The number of halogens is 2. The average Bonchev–Trinajstić information content (AvgIpc) is 2.93. The third-order valence-electron chi connectivity index (χ3n) is 3.33. The molecule has 3 aromatic rings. The third-order valence-corrected chi connectivity index (χ3v) is 4.12. The van der Waals surface area contributed by atoms with E-state index < -0.39 is 0 Å². The van der Waals surface area contributed by atoms with Gasteiger partial charge in [-0.3, -0.25) is 5.10 Å². The van der Waals surface area contributed by atoms with E-state index in [1.54, 1.807) is 0 Å². The number of H-pyrrole nitrogens is 1. The molecule has 3 nitrogen and oxygen atoms in total. The molecule has 0 aliphatic carbocycles. The fraction of sp³-hybridized carbons (Fsp3) is 0.154. The van der Waals surface area contributed by atoms with Crippen LogP contribution in [0.3, 0.4) is 0 Å². The number of hydrogen-bond donors (Lipinski definition) is 1. The molecule has 3 rings (SSSR count). The van der Waals surface area contributed by atoms with Gasteiger partial charge >= 0.3 is 0 Å². The molecule has 0 atom stereocenters. The average molecular weight is 280 g/mol. The number of nitrogens with one attached hydrogen (secondary N) is 1. The number of aromatic amines is 1. The van der Waals surface area contributed by atoms with Crippen molar-refractivity contribution in [3.8, 4) is 11.1 Å². The Kier molecular flexibility index (Phi) is 2.61. The van der Waals surface area contributed by atoms with Crippen LogP contribution in [0.4, 0.5) is 0 Å². The van der Waals surface area contributed by atoms with Gasteiger partial charge in [0.05, 0.1) is 21.8 Å². The van der Waals surface area contributed by atoms with E-state index in [2.05, 4.69) is 21.7 Å². The van der Waals surface area contributed by atoms with Crippen molar-refractivity contribution in [3.05, 3.63) is 40.3 Å². The first-order valence-corrected chi connectivity index (χ1v) is 6.29. The quantitative estimate of drug-likeness (QED) is 0.712. The summed E-state index contributed by atoms with van der Waals surface area (Å²) >= 11 is 12.4. The lowest BCUT2D eigenvalue weighted by Crippen LogP contribution is -1.91. The van der Waals surface area contributed by atoms with Gasteiger partial charge in [0.2, 0.25) is 0 Å². The number of hydrogen-bond acceptors (Lipinski definition) is 1. The highest BCUT2D eigenvalue weighted by Gasteiger charge is 2.17. The molecular weight excluding hydrogens is 269 g/mol. The molecule has 0 amide bonds. The molecule has 0 fully saturated rings. The second kappa shape index (κ2) is 4.04. The lowest BCUT2D eigenvalue weighted by Gasteiger charge is -2.02. The number of fused-ring (bicyclic) bond motifs is 1. The Morgan fingerprint density at radius 2 is 2.06 bits per heavy atom. The zero-order valence-corrected chi connectivity index (χ0v) is 11.5. The van der Waals surface area contributed by atoms with Crippen LogP contribution in [-0.4, -0.2) is 14.8 Å². The normalized spacial score (nSPS) is 11.3. The van der Waals surface area contributed by atoms with Gasteiger partial charge in [0.25, 0.3) is 0 Å². The fourth-order valence-electron chi connectivity index (χ4n) is 2.35. The zero-order chi connectivity index (χ0) is 12.9. The van der Waals surface area contributed by atoms with Gasteiger partial charge in [-0.2, -0.15) is 5.10 Å². The predicted octanol–water partition coefficient (Wildman–Crippen LogP) is 4.18. The Balaban J connectivity index is 2.48. The standard InChI is InChI=1S/C13H11Cl2N3/c1-7-11(8-5-16-17-6-8)9-3-4-10(14)12(15)13(9)18(7)2/h3-6H,1-2H3,(H,16,17). The van der Waals surface area contributed by atoms with Crippen molar-refractivity contribution in [2.75, 3.05) is 0 Å². The van der Waals surface area contributed by atoms with Gasteiger partial charge in [-0.15, -0.1) is 0 Å². The molecular formula is C13H11Cl2N3. The van der Waals surface area contributed by atoms with Gasteiger partial charge in [0, 0.05) is 35.5 Å². The Morgan fingerprint density at radius 3 is 2.72 bits per heavy atom. The van der Waals surface area contributed by atoms with E-state index in [0.29, 0.717) is 10.0 Å². The number of aromatic nitrogens is 3. The van der Waals surface area contributed by atoms with E-state index >= 15 is 0 Å². The smallest absolute Gasteiger partial charge is 0.0835 e. The van der Waals surface area contributed by atoms with Gasteiger partial charge in [0.15, 0.2) is 0 Å². The Morgan fingerprint density at radius 1 is 1.28 bits per heavy atom. The van der Waals surface area contributed by atoms with Crippen LogP contribution in [0.1, 0.15) is 5.69 Å². The molecule has 0 radical (unpaired) electrons. The van der Waals surface area contributed by atoms with Gasteiger partial charge in [0.1, 0.15) is 0 Å². The molecule has 0 bridgehead atoms. The fourth-order valence-corrected chi connectivity index (χ4v) is 2.80. The minimum Gasteiger partial charge on any atom is -0.346 e. The molecule has 0 unspecified atom stereocenters. The van der Waals surface area contributed by atoms with E-state index in [0.717, 1.165) is 27.7 Å². The maximum atomic E-state index is 6.30. The summed E-state index contributed by atoms with van der Waals surface area (Å²) in [5.41, 5.74) is 4.28. The van der Waals surface area contributed by atoms with Crippen LogP contribution in [0.15, 0.2) is 24.5 Å². The first-order chi connectivity index (χ1) is 8.61. The van der Waals surface area contributed by atoms with Gasteiger partial charge in [-0.25, -0.2) is 0 Å². The van der Waals surface area contributed by atoms with Crippen molar-refractivity contribution < 1.29 is 0 Å². The summed E-state index contributed by atoms with van der Waals surface area (Å²) in [4.78, 5) is 0. The van der Waals surface area contributed by atoms with E-state index in [9.17, 15) is 0 Å². The molecule has 2 aromatic heterocycles. The van der Waals surface area contributed by atoms with Gasteiger partial charge in [-0.05, 0) is 13.0 Å². The molecule has 0 saturated heterocycles. The van der Waals surface area contributed by atoms with E-state index in [-0.39, 0.29) is 0 Å². The lowest BCUT2D eigenvalue weighted by molar-refractivity contribution is 0.920. The highest BCUT2D eigenvalue weighted by molar-refractivity contribution is 6.45. The summed E-state index contributed by atoms with van der Waals surface area (Å²) in [5, 5.41) is 9.09. The molecule has 18 heavy (non-hydrogen) atoms. The van der Waals surface area contributed by atoms with Gasteiger partial charge in [-0.1, -0.05) is 29.3 Å². The first-order valence-electron chi connectivity index (χ1n) is 5.53. The minimum absolute atomic E-state index is 0.573. The van der Waals surface area contributed by atoms with Crippen LogP contribution in [0.25, 0.3) is 22.0 Å². The summed E-state index contributed by atoms with van der Waals surface area (Å²) < 4.78 is 2.06. The number of rotatable bonds is 1. The van der Waals surface area contributed by atoms with E-state index in [4.69, 9.17) is 23.2 Å². The molecule has 0 aliphatic heterocycles. The molecule has 0 spiro atoms. The van der Waals surface area contributed by atoms with Crippen LogP contribution >= 0.6 is 23.2 Å². The Hall–Kier alpha value is -1.45. The summed E-state index contributed by atoms with van der Waals surface area (Å²) in [6.07, 6.45) is 3.69. The summed E-state index contributed by atoms with van der Waals surface area (Å²) in [7, 11) is 1.99. The second-order valence-corrected chi connectivity index (χ2v) is 5.05. The number of nitrogens with zero attached hydrogens (tertiary/aromatic N) is 2. The third kappa shape index (κ3) is 1.48. The van der Waals surface area contributed by atoms with Crippen molar-refractivity contribution in [1.29, 1.82) is 0 Å². The van der Waals surface area contributed by atoms with Gasteiger partial charge < -0.3 is 4.57 Å². The van der Waals surface area contributed by atoms with Crippen molar-refractivity contribution in [3.63, 3.8) is 0 Å². The Bertz CT molecular complexity index is 727. The SMILES string of the molecule is Cc1c(-c2cn[nH]c2)c2ccc(Cl)c(Cl)c2n1C. The topological polar surface area (TPSA) is 33.6 Å². The van der Waals surface area contributed by atoms with Crippen molar-refractivity contribution in [2.24, 2.45) is 7.05 Å². The predicted molar refractivity (Wildman–Crippen MR) is 75.3 cm³/mol. The van der Waals surface area contributed by atoms with Crippen molar-refractivity contribution in [2.45, 2.75) is 6.92 Å². The van der Waals surface area contributed by atoms with E-state index in [1.807, 2.05) is 31.6 Å². The first kappa shape index (κ1) is 11.6. The maximum absolute atomic E-state index is 6.30. The highest BCUT2D eigenvalue weighted by Crippen LogP contribution is 2.39. The van der Waals surface area contributed by atoms with Crippen LogP contribution in [0.5, 0.6) is 0 Å².